The second-order valence-corrected chi connectivity index (χ2v) is 11.1. The summed E-state index contributed by atoms with van der Waals surface area (Å²) in [4.78, 5) is 40.2. The van der Waals surface area contributed by atoms with Crippen LogP contribution in [0.5, 0.6) is 0 Å². The number of ether oxygens (including phenoxy) is 3. The Labute approximate surface area is 219 Å². The zero-order valence-corrected chi connectivity index (χ0v) is 22.8. The molecule has 1 unspecified atom stereocenters. The van der Waals surface area contributed by atoms with Gasteiger partial charge in [-0.2, -0.15) is 4.98 Å². The molecule has 0 radical (unpaired) electrons. The summed E-state index contributed by atoms with van der Waals surface area (Å²) in [5, 5.41) is 26.3. The van der Waals surface area contributed by atoms with Crippen LogP contribution in [0, 0.1) is 0 Å². The van der Waals surface area contributed by atoms with Crippen LogP contribution in [0.2, 0.25) is 0 Å². The molecule has 15 nitrogen and oxygen atoms in total. The summed E-state index contributed by atoms with van der Waals surface area (Å²) in [5.41, 5.74) is 2.78. The first-order valence-corrected chi connectivity index (χ1v) is 13.4. The average molecular weight is 562 g/mol. The first-order chi connectivity index (χ1) is 17.6. The fraction of sp³-hybridized carbons (Fsp3) is 0.636. The van der Waals surface area contributed by atoms with Gasteiger partial charge in [0.25, 0.3) is 0 Å². The standard InChI is InChI=1S/C22H36N5O10P/c1-7-22(18(30)17(29)19(37-22)27-9-8-15(23)25-21(27)32)11-34-38(33,24-10-16(28)35-12(2)3)26-14(6)20(31)36-13(4)5/h7-9,12-14,17-19,29-30H,1,10-11H2,2-6H3,(H2,23,25,32)(H2,24,26,33)/t14-,17+,18-,19+,22+,38?/m0/s1. The monoisotopic (exact) mass is 561 g/mol. The molecule has 0 saturated carbocycles. The van der Waals surface area contributed by atoms with Gasteiger partial charge in [0.15, 0.2) is 6.23 Å². The van der Waals surface area contributed by atoms with E-state index in [1.54, 1.807) is 27.7 Å². The third-order valence-electron chi connectivity index (χ3n) is 5.27. The predicted molar refractivity (Wildman–Crippen MR) is 135 cm³/mol. The summed E-state index contributed by atoms with van der Waals surface area (Å²) in [6.07, 6.45) is -3.32. The molecule has 214 valence electrons. The van der Waals surface area contributed by atoms with Crippen LogP contribution >= 0.6 is 7.67 Å². The number of carbonyl (C=O) groups excluding carboxylic acids is 2. The Morgan fingerprint density at radius 3 is 2.47 bits per heavy atom. The van der Waals surface area contributed by atoms with E-state index < -0.39 is 80.7 Å². The Morgan fingerprint density at radius 2 is 1.92 bits per heavy atom. The highest BCUT2D eigenvalue weighted by molar-refractivity contribution is 7.54. The molecule has 6 N–H and O–H groups in total. The van der Waals surface area contributed by atoms with Crippen molar-refractivity contribution in [3.63, 3.8) is 0 Å². The number of carbonyl (C=O) groups is 2. The third kappa shape index (κ3) is 7.93. The maximum absolute atomic E-state index is 13.7. The molecule has 1 fully saturated rings. The molecule has 0 amide bonds. The van der Waals surface area contributed by atoms with Crippen molar-refractivity contribution in [3.05, 3.63) is 35.4 Å². The Balaban J connectivity index is 2.28. The molecular weight excluding hydrogens is 525 g/mol. The summed E-state index contributed by atoms with van der Waals surface area (Å²) >= 11 is 0. The van der Waals surface area contributed by atoms with E-state index in [4.69, 9.17) is 24.5 Å². The Bertz CT molecular complexity index is 1110. The smallest absolute Gasteiger partial charge is 0.351 e. The van der Waals surface area contributed by atoms with Crippen LogP contribution in [0.4, 0.5) is 5.82 Å². The number of nitrogens with two attached hydrogens (primary N) is 1. The Hall–Kier alpha value is -2.65. The maximum Gasteiger partial charge on any atom is 0.351 e. The molecule has 1 aromatic heterocycles. The molecule has 1 aromatic rings. The Morgan fingerprint density at radius 1 is 1.29 bits per heavy atom. The second-order valence-electron chi connectivity index (χ2n) is 9.18. The summed E-state index contributed by atoms with van der Waals surface area (Å²) in [6.45, 7) is 10.3. The predicted octanol–water partition coefficient (Wildman–Crippen LogP) is -0.403. The summed E-state index contributed by atoms with van der Waals surface area (Å²) in [5.74, 6) is -1.54. The van der Waals surface area contributed by atoms with Crippen molar-refractivity contribution in [2.24, 2.45) is 0 Å². The summed E-state index contributed by atoms with van der Waals surface area (Å²) in [6, 6.07) is 0.146. The highest BCUT2D eigenvalue weighted by atomic mass is 31.2. The van der Waals surface area contributed by atoms with Gasteiger partial charge in [-0.25, -0.2) is 15.0 Å². The average Bonchev–Trinajstić information content (AvgIpc) is 3.06. The number of rotatable bonds is 13. The van der Waals surface area contributed by atoms with E-state index in [0.29, 0.717) is 0 Å². The SMILES string of the molecule is C=C[C@]1(COP(=O)(NCC(=O)OC(C)C)N[C@@H](C)C(=O)OC(C)C)O[C@@H](n2ccc(N)nc2=O)[C@H](O)[C@@H]1O. The van der Waals surface area contributed by atoms with Crippen LogP contribution in [0.15, 0.2) is 29.7 Å². The molecule has 1 aliphatic rings. The lowest BCUT2D eigenvalue weighted by molar-refractivity contribution is -0.149. The lowest BCUT2D eigenvalue weighted by Gasteiger charge is -2.31. The van der Waals surface area contributed by atoms with E-state index in [0.717, 1.165) is 10.6 Å². The highest BCUT2D eigenvalue weighted by Crippen LogP contribution is 2.44. The molecule has 38 heavy (non-hydrogen) atoms. The maximum atomic E-state index is 13.7. The number of nitrogens with one attached hydrogen (secondary N) is 2. The van der Waals surface area contributed by atoms with Gasteiger partial charge in [-0.05, 0) is 40.7 Å². The van der Waals surface area contributed by atoms with Gasteiger partial charge in [0.1, 0.15) is 36.2 Å². The molecule has 0 bridgehead atoms. The van der Waals surface area contributed by atoms with E-state index in [1.165, 1.54) is 19.2 Å². The lowest BCUT2D eigenvalue weighted by atomic mass is 9.96. The molecule has 2 heterocycles. The number of hydrogen-bond donors (Lipinski definition) is 5. The zero-order chi connectivity index (χ0) is 28.8. The number of esters is 2. The zero-order valence-electron chi connectivity index (χ0n) is 21.9. The van der Waals surface area contributed by atoms with E-state index in [1.807, 2.05) is 0 Å². The van der Waals surface area contributed by atoms with Crippen LogP contribution in [0.25, 0.3) is 0 Å². The second kappa shape index (κ2) is 12.9. The van der Waals surface area contributed by atoms with Crippen molar-refractivity contribution in [2.45, 2.75) is 76.9 Å². The van der Waals surface area contributed by atoms with Gasteiger partial charge in [0.2, 0.25) is 0 Å². The summed E-state index contributed by atoms with van der Waals surface area (Å²) in [7, 11) is -4.25. The molecule has 0 spiro atoms. The van der Waals surface area contributed by atoms with Crippen LogP contribution < -0.4 is 21.6 Å². The van der Waals surface area contributed by atoms with Crippen LogP contribution in [0.1, 0.15) is 40.8 Å². The molecular formula is C22H36N5O10P. The van der Waals surface area contributed by atoms with E-state index >= 15 is 0 Å². The molecule has 0 aliphatic carbocycles. The fourth-order valence-corrected chi connectivity index (χ4v) is 5.03. The first kappa shape index (κ1) is 31.6. The lowest BCUT2D eigenvalue weighted by Crippen LogP contribution is -2.46. The van der Waals surface area contributed by atoms with Crippen LogP contribution in [-0.4, -0.2) is 80.9 Å². The topological polar surface area (TPSA) is 214 Å². The molecule has 0 aromatic carbocycles. The number of hydrogen-bond acceptors (Lipinski definition) is 12. The van der Waals surface area contributed by atoms with Gasteiger partial charge in [0.05, 0.1) is 18.8 Å². The minimum Gasteiger partial charge on any atom is -0.462 e. The highest BCUT2D eigenvalue weighted by Gasteiger charge is 2.54. The minimum absolute atomic E-state index is 0.0585. The summed E-state index contributed by atoms with van der Waals surface area (Å²) < 4.78 is 36.1. The molecule has 2 rings (SSSR count). The van der Waals surface area contributed by atoms with Gasteiger partial charge < -0.3 is 34.7 Å². The third-order valence-corrected chi connectivity index (χ3v) is 7.06. The van der Waals surface area contributed by atoms with Gasteiger partial charge in [-0.1, -0.05) is 6.08 Å². The molecule has 1 saturated heterocycles. The van der Waals surface area contributed by atoms with E-state index in [-0.39, 0.29) is 5.82 Å². The van der Waals surface area contributed by atoms with Crippen LogP contribution in [-0.2, 0) is 32.9 Å². The van der Waals surface area contributed by atoms with Gasteiger partial charge in [-0.3, -0.25) is 18.7 Å². The van der Waals surface area contributed by atoms with Gasteiger partial charge in [0, 0.05) is 6.20 Å². The van der Waals surface area contributed by atoms with Crippen molar-refractivity contribution in [1.82, 2.24) is 19.7 Å². The number of nitrogen functional groups attached to an aromatic ring is 1. The van der Waals surface area contributed by atoms with E-state index in [9.17, 15) is 29.2 Å². The number of aliphatic hydroxyl groups excluding tert-OH is 2. The largest absolute Gasteiger partial charge is 0.462 e. The quantitative estimate of drug-likeness (QED) is 0.118. The van der Waals surface area contributed by atoms with Gasteiger partial charge in [-0.15, -0.1) is 6.58 Å². The van der Waals surface area contributed by atoms with Gasteiger partial charge >= 0.3 is 25.3 Å². The van der Waals surface area contributed by atoms with Crippen molar-refractivity contribution >= 4 is 25.4 Å². The van der Waals surface area contributed by atoms with Crippen molar-refractivity contribution in [1.29, 1.82) is 0 Å². The molecule has 1 aliphatic heterocycles. The first-order valence-electron chi connectivity index (χ1n) is 11.8. The van der Waals surface area contributed by atoms with E-state index in [2.05, 4.69) is 21.7 Å². The van der Waals surface area contributed by atoms with Crippen LogP contribution in [0.3, 0.4) is 0 Å². The molecule has 16 heteroatoms. The Kier molecular flexibility index (Phi) is 10.7. The van der Waals surface area contributed by atoms with Crippen molar-refractivity contribution in [3.8, 4) is 0 Å². The fourth-order valence-electron chi connectivity index (χ4n) is 3.43. The van der Waals surface area contributed by atoms with Crippen molar-refractivity contribution in [2.75, 3.05) is 18.9 Å². The minimum atomic E-state index is -4.25. The number of aliphatic hydroxyl groups is 2. The number of aromatic nitrogens is 2. The number of anilines is 1. The normalized spacial score (nSPS) is 25.7. The number of nitrogens with zero attached hydrogens (tertiary/aromatic N) is 2. The van der Waals surface area contributed by atoms with Crippen molar-refractivity contribution < 1.29 is 43.1 Å². The molecule has 6 atom stereocenters.